The lowest BCUT2D eigenvalue weighted by molar-refractivity contribution is 0.523. The zero-order valence-electron chi connectivity index (χ0n) is 9.23. The summed E-state index contributed by atoms with van der Waals surface area (Å²) < 4.78 is 25.8. The summed E-state index contributed by atoms with van der Waals surface area (Å²) in [5, 5.41) is 0. The van der Waals surface area contributed by atoms with Crippen molar-refractivity contribution in [2.24, 2.45) is 0 Å². The number of hydrogen-bond acceptors (Lipinski definition) is 3. The van der Waals surface area contributed by atoms with Gasteiger partial charge in [0.2, 0.25) is 16.3 Å². The SMILES string of the molecule is CCC([C]=O)NS(=O)(=O)c1ccc(C)cc1. The van der Waals surface area contributed by atoms with Crippen molar-refractivity contribution in [2.45, 2.75) is 31.2 Å². The molecule has 1 unspecified atom stereocenters. The molecule has 0 aliphatic carbocycles. The number of hydrogen-bond donors (Lipinski definition) is 1. The highest BCUT2D eigenvalue weighted by Crippen LogP contribution is 2.10. The normalized spacial score (nSPS) is 13.4. The molecule has 1 radical (unpaired) electrons. The number of carbonyl (C=O) groups excluding carboxylic acids is 1. The van der Waals surface area contributed by atoms with Crippen LogP contribution >= 0.6 is 0 Å². The topological polar surface area (TPSA) is 63.2 Å². The van der Waals surface area contributed by atoms with Crippen LogP contribution in [0.15, 0.2) is 29.2 Å². The molecule has 5 heteroatoms. The number of sulfonamides is 1. The highest BCUT2D eigenvalue weighted by atomic mass is 32.2. The zero-order chi connectivity index (χ0) is 12.2. The second-order valence-corrected chi connectivity index (χ2v) is 5.23. The summed E-state index contributed by atoms with van der Waals surface area (Å²) in [6, 6.07) is 5.65. The Bertz CT molecular complexity index is 451. The van der Waals surface area contributed by atoms with Gasteiger partial charge in [0.15, 0.2) is 0 Å². The van der Waals surface area contributed by atoms with Crippen molar-refractivity contribution in [3.8, 4) is 0 Å². The van der Waals surface area contributed by atoms with Crippen molar-refractivity contribution in [3.05, 3.63) is 29.8 Å². The van der Waals surface area contributed by atoms with Gasteiger partial charge in [0.05, 0.1) is 10.9 Å². The lowest BCUT2D eigenvalue weighted by Crippen LogP contribution is -2.35. The maximum Gasteiger partial charge on any atom is 0.241 e. The van der Waals surface area contributed by atoms with Crippen molar-refractivity contribution < 1.29 is 13.2 Å². The average Bonchev–Trinajstić information content (AvgIpc) is 2.26. The predicted molar refractivity (Wildman–Crippen MR) is 61.3 cm³/mol. The predicted octanol–water partition coefficient (Wildman–Crippen LogP) is 1.16. The van der Waals surface area contributed by atoms with Gasteiger partial charge in [-0.15, -0.1) is 0 Å². The molecular formula is C11H14NO3S. The summed E-state index contributed by atoms with van der Waals surface area (Å²) in [6.07, 6.45) is 2.03. The Morgan fingerprint density at radius 3 is 2.31 bits per heavy atom. The van der Waals surface area contributed by atoms with Crippen molar-refractivity contribution >= 4 is 16.3 Å². The number of aryl methyl sites for hydroxylation is 1. The molecule has 0 spiro atoms. The quantitative estimate of drug-likeness (QED) is 0.840. The molecule has 0 aliphatic heterocycles. The van der Waals surface area contributed by atoms with Crippen molar-refractivity contribution in [1.29, 1.82) is 0 Å². The van der Waals surface area contributed by atoms with Gasteiger partial charge in [-0.05, 0) is 25.5 Å². The molecule has 0 bridgehead atoms. The van der Waals surface area contributed by atoms with E-state index in [4.69, 9.17) is 0 Å². The first kappa shape index (κ1) is 12.9. The van der Waals surface area contributed by atoms with Crippen molar-refractivity contribution in [1.82, 2.24) is 4.72 Å². The van der Waals surface area contributed by atoms with E-state index >= 15 is 0 Å². The van der Waals surface area contributed by atoms with Crippen LogP contribution in [0.25, 0.3) is 0 Å². The highest BCUT2D eigenvalue weighted by molar-refractivity contribution is 7.89. The molecule has 1 aromatic rings. The van der Waals surface area contributed by atoms with Gasteiger partial charge < -0.3 is 0 Å². The first-order valence-electron chi connectivity index (χ1n) is 4.96. The molecule has 1 N–H and O–H groups in total. The Balaban J connectivity index is 2.94. The van der Waals surface area contributed by atoms with Gasteiger partial charge in [0.25, 0.3) is 0 Å². The van der Waals surface area contributed by atoms with E-state index in [1.165, 1.54) is 12.1 Å². The fraction of sp³-hybridized carbons (Fsp3) is 0.364. The molecule has 0 aliphatic rings. The Hall–Kier alpha value is -1.20. The standard InChI is InChI=1S/C11H14NO3S/c1-3-10(8-13)12-16(14,15)11-6-4-9(2)5-7-11/h4-7,10,12H,3H2,1-2H3. The number of nitrogens with one attached hydrogen (secondary N) is 1. The molecule has 1 aromatic carbocycles. The minimum atomic E-state index is -3.61. The third kappa shape index (κ3) is 3.15. The van der Waals surface area contributed by atoms with Crippen LogP contribution in [0.2, 0.25) is 0 Å². The van der Waals surface area contributed by atoms with Crippen LogP contribution in [-0.2, 0) is 14.8 Å². The Morgan fingerprint density at radius 2 is 1.88 bits per heavy atom. The van der Waals surface area contributed by atoms with Crippen LogP contribution in [0.5, 0.6) is 0 Å². The van der Waals surface area contributed by atoms with Gasteiger partial charge in [0.1, 0.15) is 0 Å². The Kier molecular flexibility index (Phi) is 4.20. The largest absolute Gasteiger partial charge is 0.289 e. The minimum Gasteiger partial charge on any atom is -0.289 e. The molecule has 0 saturated carbocycles. The molecule has 0 fully saturated rings. The number of benzene rings is 1. The van der Waals surface area contributed by atoms with Crippen LogP contribution in [0, 0.1) is 6.92 Å². The molecule has 0 saturated heterocycles. The van der Waals surface area contributed by atoms with E-state index in [2.05, 4.69) is 4.72 Å². The van der Waals surface area contributed by atoms with Crippen LogP contribution in [0.1, 0.15) is 18.9 Å². The maximum absolute atomic E-state index is 11.8. The molecule has 0 aromatic heterocycles. The summed E-state index contributed by atoms with van der Waals surface area (Å²) >= 11 is 0. The second kappa shape index (κ2) is 5.23. The van der Waals surface area contributed by atoms with Gasteiger partial charge in [-0.3, -0.25) is 4.79 Å². The van der Waals surface area contributed by atoms with E-state index in [1.54, 1.807) is 25.3 Å². The summed E-state index contributed by atoms with van der Waals surface area (Å²) in [5.41, 5.74) is 0.980. The fourth-order valence-electron chi connectivity index (χ4n) is 1.16. The lowest BCUT2D eigenvalue weighted by Gasteiger charge is -2.10. The maximum atomic E-state index is 11.8. The molecule has 0 amide bonds. The van der Waals surface area contributed by atoms with Crippen LogP contribution in [0.4, 0.5) is 0 Å². The minimum absolute atomic E-state index is 0.159. The lowest BCUT2D eigenvalue weighted by atomic mass is 10.2. The molecule has 4 nitrogen and oxygen atoms in total. The Labute approximate surface area is 95.7 Å². The van der Waals surface area contributed by atoms with E-state index < -0.39 is 16.1 Å². The van der Waals surface area contributed by atoms with Gasteiger partial charge in [-0.25, -0.2) is 13.1 Å². The van der Waals surface area contributed by atoms with Crippen molar-refractivity contribution in [2.75, 3.05) is 0 Å². The average molecular weight is 240 g/mol. The second-order valence-electron chi connectivity index (χ2n) is 3.51. The third-order valence-electron chi connectivity index (χ3n) is 2.18. The molecule has 0 heterocycles. The smallest absolute Gasteiger partial charge is 0.241 e. The van der Waals surface area contributed by atoms with Crippen LogP contribution < -0.4 is 4.72 Å². The van der Waals surface area contributed by atoms with Crippen LogP contribution in [0.3, 0.4) is 0 Å². The highest BCUT2D eigenvalue weighted by Gasteiger charge is 2.18. The summed E-state index contributed by atoms with van der Waals surface area (Å²) in [6.45, 7) is 3.59. The molecule has 1 rings (SSSR count). The number of rotatable bonds is 5. The summed E-state index contributed by atoms with van der Waals surface area (Å²) in [4.78, 5) is 10.6. The van der Waals surface area contributed by atoms with E-state index in [0.29, 0.717) is 6.42 Å². The first-order valence-corrected chi connectivity index (χ1v) is 6.44. The molecule has 16 heavy (non-hydrogen) atoms. The van der Waals surface area contributed by atoms with Gasteiger partial charge in [-0.1, -0.05) is 24.6 Å². The zero-order valence-corrected chi connectivity index (χ0v) is 10.0. The van der Waals surface area contributed by atoms with E-state index in [-0.39, 0.29) is 4.90 Å². The van der Waals surface area contributed by atoms with Gasteiger partial charge in [0, 0.05) is 0 Å². The Morgan fingerprint density at radius 1 is 1.31 bits per heavy atom. The van der Waals surface area contributed by atoms with Gasteiger partial charge in [-0.2, -0.15) is 0 Å². The fourth-order valence-corrected chi connectivity index (χ4v) is 2.38. The van der Waals surface area contributed by atoms with E-state index in [0.717, 1.165) is 5.56 Å². The summed E-state index contributed by atoms with van der Waals surface area (Å²) in [7, 11) is -3.61. The van der Waals surface area contributed by atoms with E-state index in [9.17, 15) is 13.2 Å². The summed E-state index contributed by atoms with van der Waals surface area (Å²) in [5.74, 6) is 0. The molecule has 1 atom stereocenters. The monoisotopic (exact) mass is 240 g/mol. The third-order valence-corrected chi connectivity index (χ3v) is 3.67. The van der Waals surface area contributed by atoms with Crippen LogP contribution in [-0.4, -0.2) is 20.7 Å². The first-order chi connectivity index (χ1) is 7.49. The molecule has 87 valence electrons. The molecular weight excluding hydrogens is 226 g/mol. The van der Waals surface area contributed by atoms with Gasteiger partial charge >= 0.3 is 0 Å². The van der Waals surface area contributed by atoms with Crippen molar-refractivity contribution in [3.63, 3.8) is 0 Å². The van der Waals surface area contributed by atoms with E-state index in [1.807, 2.05) is 6.92 Å².